The van der Waals surface area contributed by atoms with Crippen molar-refractivity contribution < 1.29 is 13.9 Å². The zero-order valence-electron chi connectivity index (χ0n) is 12.7. The van der Waals surface area contributed by atoms with Crippen LogP contribution in [0.25, 0.3) is 10.2 Å². The average molecular weight is 330 g/mol. The quantitative estimate of drug-likeness (QED) is 0.782. The molecule has 23 heavy (non-hydrogen) atoms. The summed E-state index contributed by atoms with van der Waals surface area (Å²) in [4.78, 5) is 16.6. The van der Waals surface area contributed by atoms with Crippen LogP contribution in [-0.2, 0) is 4.79 Å². The smallest absolute Gasteiger partial charge is 0.266 e. The Hall–Kier alpha value is -2.47. The molecule has 1 amide bonds. The number of carbonyl (C=O) groups is 1. The van der Waals surface area contributed by atoms with Gasteiger partial charge in [0.15, 0.2) is 11.2 Å². The largest absolute Gasteiger partial charge is 0.481 e. The van der Waals surface area contributed by atoms with Gasteiger partial charge in [-0.15, -0.1) is 0 Å². The Bertz CT molecular complexity index is 845. The highest BCUT2D eigenvalue weighted by molar-refractivity contribution is 7.22. The summed E-state index contributed by atoms with van der Waals surface area (Å²) in [6.45, 7) is 3.65. The van der Waals surface area contributed by atoms with Crippen LogP contribution >= 0.6 is 11.3 Å². The zero-order chi connectivity index (χ0) is 16.4. The van der Waals surface area contributed by atoms with Crippen molar-refractivity contribution in [1.82, 2.24) is 4.98 Å². The lowest BCUT2D eigenvalue weighted by atomic mass is 10.2. The normalized spacial score (nSPS) is 12.1. The van der Waals surface area contributed by atoms with E-state index in [0.717, 1.165) is 15.8 Å². The van der Waals surface area contributed by atoms with Gasteiger partial charge in [0.1, 0.15) is 11.6 Å². The van der Waals surface area contributed by atoms with Crippen LogP contribution in [0.15, 0.2) is 42.5 Å². The molecule has 0 aliphatic rings. The topological polar surface area (TPSA) is 51.2 Å². The molecule has 118 valence electrons. The minimum atomic E-state index is -0.714. The maximum Gasteiger partial charge on any atom is 0.266 e. The molecule has 3 aromatic rings. The van der Waals surface area contributed by atoms with Crippen LogP contribution in [0, 0.1) is 12.7 Å². The number of fused-ring (bicyclic) bond motifs is 1. The van der Waals surface area contributed by atoms with Crippen LogP contribution in [0.2, 0.25) is 0 Å². The molecular formula is C17H15FN2O2S. The Morgan fingerprint density at radius 2 is 2.00 bits per heavy atom. The average Bonchev–Trinajstić information content (AvgIpc) is 2.90. The van der Waals surface area contributed by atoms with Gasteiger partial charge in [-0.05, 0) is 55.8 Å². The van der Waals surface area contributed by atoms with Crippen molar-refractivity contribution >= 4 is 32.6 Å². The van der Waals surface area contributed by atoms with Crippen molar-refractivity contribution in [1.29, 1.82) is 0 Å². The maximum absolute atomic E-state index is 12.9. The van der Waals surface area contributed by atoms with Gasteiger partial charge in [0.25, 0.3) is 5.91 Å². The monoisotopic (exact) mass is 330 g/mol. The Labute approximate surface area is 136 Å². The molecule has 4 nitrogen and oxygen atoms in total. The number of carbonyl (C=O) groups excluding carboxylic acids is 1. The molecule has 1 atom stereocenters. The predicted octanol–water partition coefficient (Wildman–Crippen LogP) is 4.15. The van der Waals surface area contributed by atoms with E-state index in [-0.39, 0.29) is 11.7 Å². The van der Waals surface area contributed by atoms with E-state index < -0.39 is 6.10 Å². The molecule has 0 aliphatic heterocycles. The number of nitrogens with one attached hydrogen (secondary N) is 1. The molecule has 1 heterocycles. The first-order valence-corrected chi connectivity index (χ1v) is 7.93. The van der Waals surface area contributed by atoms with Gasteiger partial charge in [0.05, 0.1) is 10.2 Å². The molecule has 2 aromatic carbocycles. The number of anilines is 1. The summed E-state index contributed by atoms with van der Waals surface area (Å²) in [6, 6.07) is 11.5. The van der Waals surface area contributed by atoms with Gasteiger partial charge >= 0.3 is 0 Å². The zero-order valence-corrected chi connectivity index (χ0v) is 13.5. The highest BCUT2D eigenvalue weighted by Gasteiger charge is 2.16. The second kappa shape index (κ2) is 6.34. The molecule has 0 aliphatic carbocycles. The number of rotatable bonds is 4. The van der Waals surface area contributed by atoms with E-state index in [1.54, 1.807) is 6.92 Å². The first-order chi connectivity index (χ1) is 11.0. The van der Waals surface area contributed by atoms with E-state index in [1.807, 2.05) is 25.1 Å². The van der Waals surface area contributed by atoms with Gasteiger partial charge in [-0.1, -0.05) is 17.4 Å². The van der Waals surface area contributed by atoms with Crippen molar-refractivity contribution in [3.8, 4) is 5.75 Å². The summed E-state index contributed by atoms with van der Waals surface area (Å²) in [5.41, 5.74) is 2.00. The van der Waals surface area contributed by atoms with Crippen molar-refractivity contribution in [2.75, 3.05) is 5.32 Å². The van der Waals surface area contributed by atoms with E-state index in [4.69, 9.17) is 4.74 Å². The fourth-order valence-corrected chi connectivity index (χ4v) is 3.03. The molecule has 0 saturated heterocycles. The van der Waals surface area contributed by atoms with Crippen molar-refractivity contribution in [3.63, 3.8) is 0 Å². The summed E-state index contributed by atoms with van der Waals surface area (Å²) in [5, 5.41) is 3.28. The highest BCUT2D eigenvalue weighted by Crippen LogP contribution is 2.26. The van der Waals surface area contributed by atoms with Gasteiger partial charge in [-0.3, -0.25) is 10.1 Å². The van der Waals surface area contributed by atoms with Gasteiger partial charge in [-0.25, -0.2) is 9.37 Å². The van der Waals surface area contributed by atoms with Crippen LogP contribution in [0.3, 0.4) is 0 Å². The van der Waals surface area contributed by atoms with E-state index >= 15 is 0 Å². The Morgan fingerprint density at radius 1 is 1.26 bits per heavy atom. The fraction of sp³-hybridized carbons (Fsp3) is 0.176. The number of hydrogen-bond donors (Lipinski definition) is 1. The minimum absolute atomic E-state index is 0.301. The molecule has 0 radical (unpaired) electrons. The van der Waals surface area contributed by atoms with Gasteiger partial charge < -0.3 is 4.74 Å². The standard InChI is InChI=1S/C17H15FN2O2S/c1-10-3-8-14-15(9-10)23-17(19-14)20-16(21)11(2)22-13-6-4-12(18)5-7-13/h3-9,11H,1-2H3,(H,19,20,21). The number of nitrogens with zero attached hydrogens (tertiary/aromatic N) is 1. The molecule has 6 heteroatoms. The summed E-state index contributed by atoms with van der Waals surface area (Å²) in [5.74, 6) is -0.210. The molecular weight excluding hydrogens is 315 g/mol. The second-order valence-electron chi connectivity index (χ2n) is 5.19. The number of ether oxygens (including phenoxy) is 1. The van der Waals surface area contributed by atoms with Gasteiger partial charge in [0, 0.05) is 0 Å². The van der Waals surface area contributed by atoms with Crippen LogP contribution in [0.4, 0.5) is 9.52 Å². The van der Waals surface area contributed by atoms with Crippen molar-refractivity contribution in [3.05, 3.63) is 53.8 Å². The molecule has 0 fully saturated rings. The number of aromatic nitrogens is 1. The van der Waals surface area contributed by atoms with E-state index in [9.17, 15) is 9.18 Å². The second-order valence-corrected chi connectivity index (χ2v) is 6.22. The first-order valence-electron chi connectivity index (χ1n) is 7.11. The Morgan fingerprint density at radius 3 is 2.74 bits per heavy atom. The van der Waals surface area contributed by atoms with E-state index in [0.29, 0.717) is 10.9 Å². The summed E-state index contributed by atoms with van der Waals surface area (Å²) < 4.78 is 19.4. The van der Waals surface area contributed by atoms with Crippen molar-refractivity contribution in [2.45, 2.75) is 20.0 Å². The number of aryl methyl sites for hydroxylation is 1. The SMILES string of the molecule is Cc1ccc2nc(NC(=O)C(C)Oc3ccc(F)cc3)sc2c1. The third kappa shape index (κ3) is 3.65. The lowest BCUT2D eigenvalue weighted by Crippen LogP contribution is -2.30. The Kier molecular flexibility index (Phi) is 4.25. The summed E-state index contributed by atoms with van der Waals surface area (Å²) in [7, 11) is 0. The molecule has 1 unspecified atom stereocenters. The predicted molar refractivity (Wildman–Crippen MR) is 89.5 cm³/mol. The lowest BCUT2D eigenvalue weighted by molar-refractivity contribution is -0.122. The summed E-state index contributed by atoms with van der Waals surface area (Å²) in [6.07, 6.45) is -0.714. The molecule has 0 bridgehead atoms. The summed E-state index contributed by atoms with van der Waals surface area (Å²) >= 11 is 1.42. The maximum atomic E-state index is 12.9. The van der Waals surface area contributed by atoms with Gasteiger partial charge in [0.2, 0.25) is 0 Å². The number of benzene rings is 2. The molecule has 3 rings (SSSR count). The number of amides is 1. The molecule has 1 aromatic heterocycles. The number of thiazole rings is 1. The minimum Gasteiger partial charge on any atom is -0.481 e. The fourth-order valence-electron chi connectivity index (χ4n) is 2.06. The van der Waals surface area contributed by atoms with Crippen LogP contribution < -0.4 is 10.1 Å². The van der Waals surface area contributed by atoms with Gasteiger partial charge in [-0.2, -0.15) is 0 Å². The van der Waals surface area contributed by atoms with Crippen LogP contribution in [0.1, 0.15) is 12.5 Å². The van der Waals surface area contributed by atoms with E-state index in [2.05, 4.69) is 10.3 Å². The molecule has 1 N–H and O–H groups in total. The third-order valence-corrected chi connectivity index (χ3v) is 4.20. The van der Waals surface area contributed by atoms with Crippen molar-refractivity contribution in [2.24, 2.45) is 0 Å². The van der Waals surface area contributed by atoms with E-state index in [1.165, 1.54) is 35.6 Å². The Balaban J connectivity index is 1.68. The molecule has 0 spiro atoms. The van der Waals surface area contributed by atoms with Crippen LogP contribution in [-0.4, -0.2) is 17.0 Å². The third-order valence-electron chi connectivity index (χ3n) is 3.27. The first kappa shape index (κ1) is 15.4. The lowest BCUT2D eigenvalue weighted by Gasteiger charge is -2.13. The highest BCUT2D eigenvalue weighted by atomic mass is 32.1. The van der Waals surface area contributed by atoms with Crippen LogP contribution in [0.5, 0.6) is 5.75 Å². The number of halogens is 1. The molecule has 0 saturated carbocycles. The number of hydrogen-bond acceptors (Lipinski definition) is 4.